The van der Waals surface area contributed by atoms with Crippen LogP contribution in [0.3, 0.4) is 0 Å². The Balaban J connectivity index is 2.05. The van der Waals surface area contributed by atoms with Crippen molar-refractivity contribution in [1.29, 1.82) is 0 Å². The van der Waals surface area contributed by atoms with Gasteiger partial charge < -0.3 is 19.1 Å². The zero-order valence-electron chi connectivity index (χ0n) is 13.1. The van der Waals surface area contributed by atoms with Gasteiger partial charge in [0.15, 0.2) is 5.76 Å². The Morgan fingerprint density at radius 3 is 2.75 bits per heavy atom. The third-order valence-electron chi connectivity index (χ3n) is 4.15. The molecule has 0 unspecified atom stereocenters. The van der Waals surface area contributed by atoms with Crippen molar-refractivity contribution in [3.8, 4) is 11.3 Å². The maximum absolute atomic E-state index is 12.8. The van der Waals surface area contributed by atoms with Crippen LogP contribution < -0.4 is 10.5 Å². The van der Waals surface area contributed by atoms with Gasteiger partial charge >= 0.3 is 0 Å². The van der Waals surface area contributed by atoms with E-state index in [0.29, 0.717) is 42.6 Å². The van der Waals surface area contributed by atoms with Crippen molar-refractivity contribution in [3.63, 3.8) is 0 Å². The second kappa shape index (κ2) is 5.96. The molecule has 0 aliphatic carbocycles. The van der Waals surface area contributed by atoms with Gasteiger partial charge in [0.05, 0.1) is 30.1 Å². The molecule has 1 fully saturated rings. The Morgan fingerprint density at radius 1 is 1.25 bits per heavy atom. The molecule has 0 bridgehead atoms. The van der Waals surface area contributed by atoms with Crippen molar-refractivity contribution in [2.45, 2.75) is 6.92 Å². The van der Waals surface area contributed by atoms with E-state index in [-0.39, 0.29) is 5.56 Å². The fraction of sp³-hybridized carbons (Fsp3) is 0.294. The molecule has 4 rings (SSSR count). The molecule has 0 saturated carbocycles. The van der Waals surface area contributed by atoms with Crippen molar-refractivity contribution in [2.75, 3.05) is 31.2 Å². The van der Waals surface area contributed by atoms with E-state index in [0.717, 1.165) is 22.3 Å². The van der Waals surface area contributed by atoms with Crippen molar-refractivity contribution in [1.82, 2.24) is 10.1 Å². The van der Waals surface area contributed by atoms with E-state index in [2.05, 4.69) is 15.0 Å². The van der Waals surface area contributed by atoms with E-state index in [4.69, 9.17) is 20.9 Å². The number of anilines is 1. The summed E-state index contributed by atoms with van der Waals surface area (Å²) < 4.78 is 10.8. The number of aryl methyl sites for hydroxylation is 1. The molecule has 6 nitrogen and oxygen atoms in total. The van der Waals surface area contributed by atoms with E-state index in [9.17, 15) is 4.79 Å². The monoisotopic (exact) mass is 345 g/mol. The van der Waals surface area contributed by atoms with E-state index in [1.165, 1.54) is 0 Å². The van der Waals surface area contributed by atoms with Gasteiger partial charge in [-0.1, -0.05) is 16.8 Å². The summed E-state index contributed by atoms with van der Waals surface area (Å²) in [6.07, 6.45) is 0. The lowest BCUT2D eigenvalue weighted by atomic mass is 10.0. The number of pyridine rings is 1. The number of hydrogen-bond donors (Lipinski definition) is 1. The molecular weight excluding hydrogens is 330 g/mol. The zero-order chi connectivity index (χ0) is 16.7. The topological polar surface area (TPSA) is 71.4 Å². The number of aromatic nitrogens is 2. The number of ether oxygens (including phenoxy) is 1. The Kier molecular flexibility index (Phi) is 3.78. The van der Waals surface area contributed by atoms with Crippen molar-refractivity contribution in [2.24, 2.45) is 0 Å². The predicted octanol–water partition coefficient (Wildman–Crippen LogP) is 2.98. The summed E-state index contributed by atoms with van der Waals surface area (Å²) >= 11 is 6.20. The molecule has 7 heteroatoms. The maximum Gasteiger partial charge on any atom is 0.261 e. The van der Waals surface area contributed by atoms with Gasteiger partial charge in [-0.15, -0.1) is 0 Å². The van der Waals surface area contributed by atoms with Crippen molar-refractivity contribution in [3.05, 3.63) is 45.3 Å². The Morgan fingerprint density at radius 2 is 2.04 bits per heavy atom. The number of benzene rings is 1. The molecular formula is C17H16ClN3O3. The van der Waals surface area contributed by atoms with Gasteiger partial charge in [0, 0.05) is 29.6 Å². The quantitative estimate of drug-likeness (QED) is 0.773. The summed E-state index contributed by atoms with van der Waals surface area (Å²) in [4.78, 5) is 17.8. The van der Waals surface area contributed by atoms with Crippen LogP contribution in [0.5, 0.6) is 0 Å². The van der Waals surface area contributed by atoms with Crippen molar-refractivity contribution < 1.29 is 9.26 Å². The molecule has 0 radical (unpaired) electrons. The largest absolute Gasteiger partial charge is 0.378 e. The van der Waals surface area contributed by atoms with E-state index < -0.39 is 0 Å². The molecule has 0 amide bonds. The van der Waals surface area contributed by atoms with Crippen LogP contribution in [0.2, 0.25) is 5.02 Å². The van der Waals surface area contributed by atoms with Crippen LogP contribution in [-0.4, -0.2) is 36.4 Å². The minimum absolute atomic E-state index is 0.206. The first-order valence-corrected chi connectivity index (χ1v) is 8.13. The Hall–Kier alpha value is -2.31. The highest BCUT2D eigenvalue weighted by Gasteiger charge is 2.24. The van der Waals surface area contributed by atoms with Gasteiger partial charge in [0.2, 0.25) is 0 Å². The van der Waals surface area contributed by atoms with Crippen LogP contribution in [0.1, 0.15) is 5.69 Å². The fourth-order valence-electron chi connectivity index (χ4n) is 3.07. The molecule has 2 aromatic heterocycles. The maximum atomic E-state index is 12.8. The molecule has 1 N–H and O–H groups in total. The highest BCUT2D eigenvalue weighted by atomic mass is 35.5. The normalized spacial score (nSPS) is 15.2. The molecule has 1 aliphatic rings. The number of nitrogens with zero attached hydrogens (tertiary/aromatic N) is 2. The Bertz CT molecular complexity index is 957. The molecule has 1 aliphatic heterocycles. The number of nitrogens with one attached hydrogen (secondary N) is 1. The average Bonchev–Trinajstić information content (AvgIpc) is 3.01. The smallest absolute Gasteiger partial charge is 0.261 e. The second-order valence-electron chi connectivity index (χ2n) is 5.80. The SMILES string of the molecule is Cc1cc(-c2c(N3CCOCC3)c3cc(Cl)ccc3[nH]c2=O)on1. The molecule has 24 heavy (non-hydrogen) atoms. The van der Waals surface area contributed by atoms with Gasteiger partial charge in [0.1, 0.15) is 5.56 Å². The molecule has 3 heterocycles. The van der Waals surface area contributed by atoms with Crippen LogP contribution in [0.25, 0.3) is 22.2 Å². The van der Waals surface area contributed by atoms with E-state index in [1.54, 1.807) is 12.1 Å². The summed E-state index contributed by atoms with van der Waals surface area (Å²) in [5.41, 5.74) is 2.56. The molecule has 3 aromatic rings. The summed E-state index contributed by atoms with van der Waals surface area (Å²) in [5.74, 6) is 0.456. The van der Waals surface area contributed by atoms with Crippen LogP contribution in [-0.2, 0) is 4.74 Å². The van der Waals surface area contributed by atoms with Crippen LogP contribution in [0.15, 0.2) is 33.6 Å². The number of halogens is 1. The summed E-state index contributed by atoms with van der Waals surface area (Å²) in [5, 5.41) is 5.42. The van der Waals surface area contributed by atoms with Crippen LogP contribution >= 0.6 is 11.6 Å². The predicted molar refractivity (Wildman–Crippen MR) is 92.8 cm³/mol. The fourth-order valence-corrected chi connectivity index (χ4v) is 3.25. The number of rotatable bonds is 2. The number of morpholine rings is 1. The van der Waals surface area contributed by atoms with Gasteiger partial charge in [-0.05, 0) is 25.1 Å². The zero-order valence-corrected chi connectivity index (χ0v) is 13.9. The number of H-pyrrole nitrogens is 1. The molecule has 0 atom stereocenters. The highest BCUT2D eigenvalue weighted by Crippen LogP contribution is 2.35. The lowest BCUT2D eigenvalue weighted by Crippen LogP contribution is -2.37. The number of aromatic amines is 1. The Labute approximate surface area is 143 Å². The van der Waals surface area contributed by atoms with Crippen molar-refractivity contribution >= 4 is 28.2 Å². The average molecular weight is 346 g/mol. The number of hydrogen-bond acceptors (Lipinski definition) is 5. The first kappa shape index (κ1) is 15.2. The second-order valence-corrected chi connectivity index (χ2v) is 6.24. The van der Waals surface area contributed by atoms with E-state index in [1.807, 2.05) is 19.1 Å². The van der Waals surface area contributed by atoms with Gasteiger partial charge in [-0.2, -0.15) is 0 Å². The first-order chi connectivity index (χ1) is 11.6. The molecule has 0 spiro atoms. The lowest BCUT2D eigenvalue weighted by Gasteiger charge is -2.31. The standard InChI is InChI=1S/C17H16ClN3O3/c1-10-8-14(24-20-10)15-16(21-4-6-23-7-5-21)12-9-11(18)2-3-13(12)19-17(15)22/h2-3,8-9H,4-7H2,1H3,(H,19,22). The lowest BCUT2D eigenvalue weighted by molar-refractivity contribution is 0.123. The minimum atomic E-state index is -0.206. The highest BCUT2D eigenvalue weighted by molar-refractivity contribution is 6.31. The third-order valence-corrected chi connectivity index (χ3v) is 4.39. The summed E-state index contributed by atoms with van der Waals surface area (Å²) in [7, 11) is 0. The molecule has 124 valence electrons. The van der Waals surface area contributed by atoms with Gasteiger partial charge in [-0.25, -0.2) is 0 Å². The van der Waals surface area contributed by atoms with Gasteiger partial charge in [-0.3, -0.25) is 4.79 Å². The summed E-state index contributed by atoms with van der Waals surface area (Å²) in [6.45, 7) is 4.46. The van der Waals surface area contributed by atoms with Crippen LogP contribution in [0, 0.1) is 6.92 Å². The molecule has 1 aromatic carbocycles. The molecule has 1 saturated heterocycles. The van der Waals surface area contributed by atoms with Crippen LogP contribution in [0.4, 0.5) is 5.69 Å². The first-order valence-electron chi connectivity index (χ1n) is 7.75. The third kappa shape index (κ3) is 2.57. The summed E-state index contributed by atoms with van der Waals surface area (Å²) in [6, 6.07) is 7.22. The minimum Gasteiger partial charge on any atom is -0.378 e. The number of fused-ring (bicyclic) bond motifs is 1. The van der Waals surface area contributed by atoms with E-state index >= 15 is 0 Å². The van der Waals surface area contributed by atoms with Gasteiger partial charge in [0.25, 0.3) is 5.56 Å².